The molecule has 0 saturated carbocycles. The van der Waals surface area contributed by atoms with Crippen molar-refractivity contribution < 1.29 is 4.79 Å². The number of carbonyl (C=O) groups is 1. The molecule has 28 heavy (non-hydrogen) atoms. The Kier molecular flexibility index (Phi) is 6.74. The quantitative estimate of drug-likeness (QED) is 0.609. The number of pyridine rings is 1. The van der Waals surface area contributed by atoms with Gasteiger partial charge in [-0.05, 0) is 31.2 Å². The van der Waals surface area contributed by atoms with Crippen LogP contribution in [-0.2, 0) is 17.6 Å². The first-order valence-corrected chi connectivity index (χ1v) is 10.7. The summed E-state index contributed by atoms with van der Waals surface area (Å²) >= 11 is 5.03. The maximum absolute atomic E-state index is 11.4. The number of nitrogens with zero attached hydrogens (tertiary/aromatic N) is 3. The van der Waals surface area contributed by atoms with Crippen LogP contribution in [0.4, 0.5) is 5.82 Å². The molecule has 1 amide bonds. The van der Waals surface area contributed by atoms with Crippen LogP contribution >= 0.6 is 27.7 Å². The van der Waals surface area contributed by atoms with Crippen LogP contribution in [0.2, 0.25) is 0 Å². The van der Waals surface area contributed by atoms with Crippen LogP contribution in [0.3, 0.4) is 0 Å². The van der Waals surface area contributed by atoms with Gasteiger partial charge in [-0.15, -0.1) is 0 Å². The first kappa shape index (κ1) is 20.4. The molecule has 1 unspecified atom stereocenters. The second-order valence-corrected chi connectivity index (χ2v) is 8.37. The fourth-order valence-corrected chi connectivity index (χ4v) is 4.43. The Morgan fingerprint density at radius 2 is 2.14 bits per heavy atom. The van der Waals surface area contributed by atoms with E-state index in [0.717, 1.165) is 33.0 Å². The van der Waals surface area contributed by atoms with Crippen LogP contribution in [0.15, 0.2) is 53.1 Å². The number of aromatic nitrogens is 3. The lowest BCUT2D eigenvalue weighted by molar-refractivity contribution is -0.118. The minimum absolute atomic E-state index is 0.342. The van der Waals surface area contributed by atoms with E-state index in [1.165, 1.54) is 5.56 Å². The smallest absolute Gasteiger partial charge is 0.240 e. The average Bonchev–Trinajstić information content (AvgIpc) is 2.84. The Hall–Kier alpha value is -2.32. The van der Waals surface area contributed by atoms with Crippen molar-refractivity contribution in [3.63, 3.8) is 0 Å². The first-order chi connectivity index (χ1) is 13.5. The summed E-state index contributed by atoms with van der Waals surface area (Å²) in [6, 6.07) is 13.6. The van der Waals surface area contributed by atoms with Crippen LogP contribution in [0, 0.1) is 6.92 Å². The Bertz CT molecular complexity index is 943. The van der Waals surface area contributed by atoms with Crippen molar-refractivity contribution in [2.75, 3.05) is 11.1 Å². The van der Waals surface area contributed by atoms with Crippen molar-refractivity contribution in [3.8, 4) is 11.4 Å². The van der Waals surface area contributed by atoms with Gasteiger partial charge in [0.15, 0.2) is 0 Å². The molecule has 1 aliphatic rings. The van der Waals surface area contributed by atoms with Crippen LogP contribution in [0.25, 0.3) is 11.4 Å². The number of primary amides is 1. The number of rotatable bonds is 2. The minimum atomic E-state index is -0.367. The van der Waals surface area contributed by atoms with Gasteiger partial charge in [0.25, 0.3) is 0 Å². The van der Waals surface area contributed by atoms with Gasteiger partial charge in [-0.2, -0.15) is 16.9 Å². The molecule has 146 valence electrons. The summed E-state index contributed by atoms with van der Waals surface area (Å²) in [5.41, 5.74) is 9.46. The first-order valence-electron chi connectivity index (χ1n) is 8.78. The molecule has 0 radical (unpaired) electrons. The van der Waals surface area contributed by atoms with E-state index in [9.17, 15) is 4.79 Å². The van der Waals surface area contributed by atoms with Crippen LogP contribution < -0.4 is 11.1 Å². The molecule has 2 aromatic heterocycles. The SMILES string of the molecule is Cc1cccc(Br)c1.Cn1nc(-c2ccccn2)c2c1NC(C(N)=O)CSC2. The van der Waals surface area contributed by atoms with Crippen LogP contribution in [0.5, 0.6) is 0 Å². The third kappa shape index (κ3) is 4.94. The molecular formula is C20H22BrN5OS. The molecule has 1 atom stereocenters. The number of halogens is 1. The Balaban J connectivity index is 0.000000236. The molecule has 6 nitrogen and oxygen atoms in total. The summed E-state index contributed by atoms with van der Waals surface area (Å²) in [7, 11) is 1.85. The Morgan fingerprint density at radius 1 is 1.32 bits per heavy atom. The van der Waals surface area contributed by atoms with Gasteiger partial charge in [0.1, 0.15) is 17.6 Å². The topological polar surface area (TPSA) is 85.8 Å². The second kappa shape index (κ2) is 9.25. The largest absolute Gasteiger partial charge is 0.368 e. The number of nitrogens with one attached hydrogen (secondary N) is 1. The lowest BCUT2D eigenvalue weighted by atomic mass is 10.2. The van der Waals surface area contributed by atoms with E-state index in [0.29, 0.717) is 5.75 Å². The van der Waals surface area contributed by atoms with Crippen LogP contribution in [0.1, 0.15) is 11.1 Å². The molecule has 0 aliphatic carbocycles. The lowest BCUT2D eigenvalue weighted by Crippen LogP contribution is -2.37. The highest BCUT2D eigenvalue weighted by Gasteiger charge is 2.26. The second-order valence-electron chi connectivity index (χ2n) is 6.43. The molecule has 1 aromatic carbocycles. The summed E-state index contributed by atoms with van der Waals surface area (Å²) < 4.78 is 2.90. The number of amides is 1. The highest BCUT2D eigenvalue weighted by molar-refractivity contribution is 9.10. The third-order valence-electron chi connectivity index (χ3n) is 4.22. The summed E-state index contributed by atoms with van der Waals surface area (Å²) in [5, 5.41) is 7.72. The number of hydrogen-bond acceptors (Lipinski definition) is 5. The van der Waals surface area contributed by atoms with Crippen molar-refractivity contribution in [2.24, 2.45) is 12.8 Å². The predicted molar refractivity (Wildman–Crippen MR) is 118 cm³/mol. The number of thioether (sulfide) groups is 1. The number of nitrogens with two attached hydrogens (primary N) is 1. The minimum Gasteiger partial charge on any atom is -0.368 e. The fraction of sp³-hybridized carbons (Fsp3) is 0.250. The van der Waals surface area contributed by atoms with Gasteiger partial charge < -0.3 is 11.1 Å². The fourth-order valence-electron chi connectivity index (χ4n) is 2.84. The van der Waals surface area contributed by atoms with E-state index in [1.807, 2.05) is 37.4 Å². The van der Waals surface area contributed by atoms with Gasteiger partial charge in [0.05, 0.1) is 5.69 Å². The summed E-state index contributed by atoms with van der Waals surface area (Å²) in [6.07, 6.45) is 1.75. The number of benzene rings is 1. The number of hydrogen-bond donors (Lipinski definition) is 2. The molecular weight excluding hydrogens is 438 g/mol. The molecule has 1 aliphatic heterocycles. The number of carbonyl (C=O) groups excluding carboxylic acids is 1. The molecule has 0 spiro atoms. The molecule has 0 bridgehead atoms. The molecule has 3 aromatic rings. The summed E-state index contributed by atoms with van der Waals surface area (Å²) in [4.78, 5) is 15.8. The monoisotopic (exact) mass is 459 g/mol. The molecule has 3 N–H and O–H groups in total. The van der Waals surface area contributed by atoms with Gasteiger partial charge in [-0.1, -0.05) is 39.7 Å². The van der Waals surface area contributed by atoms with E-state index in [1.54, 1.807) is 22.6 Å². The molecule has 3 heterocycles. The predicted octanol–water partition coefficient (Wildman–Crippen LogP) is 3.75. The molecule has 0 fully saturated rings. The van der Waals surface area contributed by atoms with Crippen molar-refractivity contribution >= 4 is 39.4 Å². The highest BCUT2D eigenvalue weighted by Crippen LogP contribution is 2.33. The zero-order valence-corrected chi connectivity index (χ0v) is 18.1. The van der Waals surface area contributed by atoms with Crippen molar-refractivity contribution in [1.82, 2.24) is 14.8 Å². The Morgan fingerprint density at radius 3 is 2.75 bits per heavy atom. The van der Waals surface area contributed by atoms with Crippen molar-refractivity contribution in [1.29, 1.82) is 0 Å². The molecule has 0 saturated heterocycles. The Labute approximate surface area is 177 Å². The lowest BCUT2D eigenvalue weighted by Gasteiger charge is -2.13. The van der Waals surface area contributed by atoms with E-state index in [2.05, 4.69) is 50.4 Å². The van der Waals surface area contributed by atoms with E-state index < -0.39 is 0 Å². The number of anilines is 1. The van der Waals surface area contributed by atoms with Gasteiger partial charge in [-0.25, -0.2) is 0 Å². The summed E-state index contributed by atoms with van der Waals surface area (Å²) in [6.45, 7) is 2.07. The standard InChI is InChI=1S/C13H15N5OS.C7H7Br/c1-18-13-8(6-20-7-10(16-13)12(14)19)11(17-18)9-4-2-3-5-15-9;1-6-3-2-4-7(8)5-6/h2-5,10,16H,6-7H2,1H3,(H2,14,19);2-5H,1H3. The maximum Gasteiger partial charge on any atom is 0.240 e. The summed E-state index contributed by atoms with van der Waals surface area (Å²) in [5.74, 6) is 1.95. The number of aryl methyl sites for hydroxylation is 2. The van der Waals surface area contributed by atoms with Gasteiger partial charge in [0, 0.05) is 34.8 Å². The van der Waals surface area contributed by atoms with Crippen LogP contribution in [-0.4, -0.2) is 32.5 Å². The van der Waals surface area contributed by atoms with E-state index in [-0.39, 0.29) is 11.9 Å². The van der Waals surface area contributed by atoms with Gasteiger partial charge >= 0.3 is 0 Å². The van der Waals surface area contributed by atoms with Crippen molar-refractivity contribution in [3.05, 3.63) is 64.3 Å². The normalized spacial score (nSPS) is 15.5. The third-order valence-corrected chi connectivity index (χ3v) is 5.77. The van der Waals surface area contributed by atoms with Crippen molar-refractivity contribution in [2.45, 2.75) is 18.7 Å². The molecule has 8 heteroatoms. The maximum atomic E-state index is 11.4. The highest BCUT2D eigenvalue weighted by atomic mass is 79.9. The zero-order valence-electron chi connectivity index (χ0n) is 15.7. The zero-order chi connectivity index (χ0) is 20.1. The molecule has 4 rings (SSSR count). The number of fused-ring (bicyclic) bond motifs is 1. The average molecular weight is 460 g/mol. The van der Waals surface area contributed by atoms with Gasteiger partial charge in [-0.3, -0.25) is 14.5 Å². The van der Waals surface area contributed by atoms with E-state index >= 15 is 0 Å². The van der Waals surface area contributed by atoms with E-state index in [4.69, 9.17) is 5.73 Å². The van der Waals surface area contributed by atoms with Gasteiger partial charge in [0.2, 0.25) is 5.91 Å².